The fourth-order valence-corrected chi connectivity index (χ4v) is 2.52. The van der Waals surface area contributed by atoms with Gasteiger partial charge in [-0.15, -0.1) is 0 Å². The molecule has 0 aliphatic heterocycles. The van der Waals surface area contributed by atoms with Crippen molar-refractivity contribution in [2.45, 2.75) is 70.5 Å². The molecule has 0 aromatic rings. The summed E-state index contributed by atoms with van der Waals surface area (Å²) in [5, 5.41) is -2.32. The van der Waals surface area contributed by atoms with Gasteiger partial charge >= 0.3 is 11.9 Å². The summed E-state index contributed by atoms with van der Waals surface area (Å²) in [6.45, 7) is 4.07. The van der Waals surface area contributed by atoms with E-state index in [-0.39, 0.29) is 32.1 Å². The number of unbranched alkanes of at least 4 members (excludes halogenated alkanes) is 6. The maximum atomic E-state index is 11.7. The van der Waals surface area contributed by atoms with Crippen molar-refractivity contribution in [1.29, 1.82) is 0 Å². The molecule has 0 aromatic carbocycles. The first-order valence-corrected chi connectivity index (χ1v) is 9.64. The van der Waals surface area contributed by atoms with E-state index in [2.05, 4.69) is 0 Å². The van der Waals surface area contributed by atoms with Gasteiger partial charge in [0, 0.05) is 18.9 Å². The van der Waals surface area contributed by atoms with Crippen LogP contribution in [0.5, 0.6) is 0 Å². The fraction of sp³-hybridized carbons (Fsp3) is 0.867. The SMILES string of the molecule is CCCCCCOC(=O)C(C(=O)OCCCCCC)S(=O)(=O)O.[Li]. The first kappa shape index (κ1) is 25.7. The zero-order chi connectivity index (χ0) is 17.7. The minimum absolute atomic E-state index is 0. The van der Waals surface area contributed by atoms with E-state index in [0.29, 0.717) is 12.8 Å². The van der Waals surface area contributed by atoms with Crippen molar-refractivity contribution in [1.82, 2.24) is 0 Å². The average Bonchev–Trinajstić information content (AvgIpc) is 2.45. The molecule has 0 aromatic heterocycles. The second kappa shape index (κ2) is 14.8. The van der Waals surface area contributed by atoms with Gasteiger partial charge < -0.3 is 9.47 Å². The van der Waals surface area contributed by atoms with Crippen molar-refractivity contribution < 1.29 is 32.0 Å². The van der Waals surface area contributed by atoms with Crippen molar-refractivity contribution in [3.8, 4) is 0 Å². The molecule has 9 heteroatoms. The van der Waals surface area contributed by atoms with E-state index in [4.69, 9.17) is 14.0 Å². The molecule has 0 bridgehead atoms. The molecule has 137 valence electrons. The Morgan fingerprint density at radius 3 is 1.50 bits per heavy atom. The van der Waals surface area contributed by atoms with Crippen molar-refractivity contribution in [3.05, 3.63) is 0 Å². The summed E-state index contributed by atoms with van der Waals surface area (Å²) in [5.41, 5.74) is 0. The zero-order valence-electron chi connectivity index (χ0n) is 15.0. The number of rotatable bonds is 13. The summed E-state index contributed by atoms with van der Waals surface area (Å²) in [4.78, 5) is 23.5. The molecular formula is C15H28LiO7S. The van der Waals surface area contributed by atoms with Crippen LogP contribution in [0.15, 0.2) is 0 Å². The van der Waals surface area contributed by atoms with Crippen molar-refractivity contribution in [3.63, 3.8) is 0 Å². The van der Waals surface area contributed by atoms with Crippen LogP contribution in [0.25, 0.3) is 0 Å². The van der Waals surface area contributed by atoms with E-state index in [1.165, 1.54) is 0 Å². The molecule has 0 aliphatic rings. The van der Waals surface area contributed by atoms with E-state index in [9.17, 15) is 18.0 Å². The first-order valence-electron chi connectivity index (χ1n) is 8.14. The van der Waals surface area contributed by atoms with Gasteiger partial charge in [0.05, 0.1) is 13.2 Å². The third-order valence-corrected chi connectivity index (χ3v) is 4.19. The van der Waals surface area contributed by atoms with Gasteiger partial charge in [-0.25, -0.2) is 9.59 Å². The van der Waals surface area contributed by atoms with Gasteiger partial charge in [-0.2, -0.15) is 8.42 Å². The average molecular weight is 359 g/mol. The second-order valence-corrected chi connectivity index (χ2v) is 6.85. The Kier molecular flexibility index (Phi) is 15.8. The first-order chi connectivity index (χ1) is 10.8. The molecule has 1 radical (unpaired) electrons. The van der Waals surface area contributed by atoms with Gasteiger partial charge in [-0.1, -0.05) is 52.4 Å². The molecule has 0 saturated heterocycles. The third-order valence-electron chi connectivity index (χ3n) is 3.21. The minimum Gasteiger partial charge on any atom is -0.464 e. The van der Waals surface area contributed by atoms with Crippen molar-refractivity contribution >= 4 is 40.9 Å². The van der Waals surface area contributed by atoms with Crippen LogP contribution in [0.3, 0.4) is 0 Å². The monoisotopic (exact) mass is 359 g/mol. The number of carbonyl (C=O) groups excluding carboxylic acids is 2. The van der Waals surface area contributed by atoms with E-state index < -0.39 is 27.3 Å². The molecule has 0 atom stereocenters. The molecule has 0 spiro atoms. The molecule has 7 nitrogen and oxygen atoms in total. The number of ether oxygens (including phenoxy) is 2. The quantitative estimate of drug-likeness (QED) is 0.176. The summed E-state index contributed by atoms with van der Waals surface area (Å²) >= 11 is 0. The molecule has 0 amide bonds. The van der Waals surface area contributed by atoms with Crippen LogP contribution in [-0.2, 0) is 29.2 Å². The zero-order valence-corrected chi connectivity index (χ0v) is 15.8. The minimum atomic E-state index is -4.91. The van der Waals surface area contributed by atoms with Gasteiger partial charge in [-0.05, 0) is 12.8 Å². The molecule has 24 heavy (non-hydrogen) atoms. The van der Waals surface area contributed by atoms with Crippen LogP contribution < -0.4 is 0 Å². The fourth-order valence-electron chi connectivity index (χ4n) is 1.89. The summed E-state index contributed by atoms with van der Waals surface area (Å²) in [6, 6.07) is 0. The van der Waals surface area contributed by atoms with Gasteiger partial charge in [0.25, 0.3) is 15.4 Å². The van der Waals surface area contributed by atoms with Crippen LogP contribution in [0.1, 0.15) is 65.2 Å². The largest absolute Gasteiger partial charge is 0.464 e. The summed E-state index contributed by atoms with van der Waals surface area (Å²) < 4.78 is 41.1. The Balaban J connectivity index is 0. The molecule has 0 rings (SSSR count). The molecule has 0 aliphatic carbocycles. The summed E-state index contributed by atoms with van der Waals surface area (Å²) in [5.74, 6) is -2.58. The van der Waals surface area contributed by atoms with E-state index >= 15 is 0 Å². The number of esters is 2. The maximum Gasteiger partial charge on any atom is 0.338 e. The van der Waals surface area contributed by atoms with E-state index in [1.807, 2.05) is 13.8 Å². The number of carbonyl (C=O) groups is 2. The van der Waals surface area contributed by atoms with Gasteiger partial charge in [0.15, 0.2) is 0 Å². The summed E-state index contributed by atoms with van der Waals surface area (Å²) in [6.07, 6.45) is 6.77. The third kappa shape index (κ3) is 11.9. The Morgan fingerprint density at radius 2 is 1.21 bits per heavy atom. The van der Waals surface area contributed by atoms with Crippen molar-refractivity contribution in [2.75, 3.05) is 13.2 Å². The van der Waals surface area contributed by atoms with Gasteiger partial charge in [0.2, 0.25) is 0 Å². The van der Waals surface area contributed by atoms with Gasteiger partial charge in [-0.3, -0.25) is 4.55 Å². The smallest absolute Gasteiger partial charge is 0.338 e. The standard InChI is InChI=1S/C15H28O7S.Li/c1-3-5-7-9-11-21-14(16)13(23(18,19)20)15(17)22-12-10-8-6-4-2;/h13H,3-12H2,1-2H3,(H,18,19,20);. The number of hydrogen-bond acceptors (Lipinski definition) is 6. The Labute approximate surface area is 156 Å². The molecule has 0 unspecified atom stereocenters. The molecule has 0 fully saturated rings. The second-order valence-electron chi connectivity index (χ2n) is 5.35. The van der Waals surface area contributed by atoms with Crippen LogP contribution in [0.2, 0.25) is 0 Å². The number of hydrogen-bond donors (Lipinski definition) is 1. The van der Waals surface area contributed by atoms with E-state index in [0.717, 1.165) is 38.5 Å². The molecule has 0 heterocycles. The molecule has 0 saturated carbocycles. The molecule has 1 N–H and O–H groups in total. The molecular weight excluding hydrogens is 331 g/mol. The Bertz CT molecular complexity index is 425. The van der Waals surface area contributed by atoms with Gasteiger partial charge in [0.1, 0.15) is 0 Å². The Hall–Kier alpha value is -0.553. The van der Waals surface area contributed by atoms with Crippen LogP contribution >= 0.6 is 0 Å². The summed E-state index contributed by atoms with van der Waals surface area (Å²) in [7, 11) is -4.91. The maximum absolute atomic E-state index is 11.7. The van der Waals surface area contributed by atoms with Crippen LogP contribution in [0.4, 0.5) is 0 Å². The predicted octanol–water partition coefficient (Wildman–Crippen LogP) is 2.11. The Morgan fingerprint density at radius 1 is 0.833 bits per heavy atom. The van der Waals surface area contributed by atoms with Crippen LogP contribution in [0, 0.1) is 0 Å². The normalized spacial score (nSPS) is 11.0. The van der Waals surface area contributed by atoms with E-state index in [1.54, 1.807) is 0 Å². The predicted molar refractivity (Wildman–Crippen MR) is 91.3 cm³/mol. The topological polar surface area (TPSA) is 107 Å². The van der Waals surface area contributed by atoms with Crippen molar-refractivity contribution in [2.24, 2.45) is 0 Å². The van der Waals surface area contributed by atoms with Crippen LogP contribution in [-0.4, -0.2) is 62.2 Å².